The van der Waals surface area contributed by atoms with E-state index in [1.165, 1.54) is 0 Å². The highest BCUT2D eigenvalue weighted by atomic mass is 19.4. The van der Waals surface area contributed by atoms with Crippen LogP contribution in [0.25, 0.3) is 0 Å². The van der Waals surface area contributed by atoms with Gasteiger partial charge in [0.1, 0.15) is 12.4 Å². The minimum Gasteiger partial charge on any atom is -0.489 e. The van der Waals surface area contributed by atoms with Gasteiger partial charge in [0.25, 0.3) is 0 Å². The van der Waals surface area contributed by atoms with E-state index in [1.54, 1.807) is 17.9 Å². The molecule has 4 rings (SSSR count). The van der Waals surface area contributed by atoms with Gasteiger partial charge in [0.2, 0.25) is 0 Å². The monoisotopic (exact) mass is 530 g/mol. The number of halogens is 6. The van der Waals surface area contributed by atoms with Crippen molar-refractivity contribution in [3.8, 4) is 5.75 Å². The van der Waals surface area contributed by atoms with Crippen LogP contribution in [0.3, 0.4) is 0 Å². The second-order valence-electron chi connectivity index (χ2n) is 9.82. The lowest BCUT2D eigenvalue weighted by molar-refractivity contribution is -0.142. The molecular formula is C26H28F6N2O3. The fourth-order valence-corrected chi connectivity index (χ4v) is 4.99. The van der Waals surface area contributed by atoms with Gasteiger partial charge in [-0.15, -0.1) is 0 Å². The van der Waals surface area contributed by atoms with Crippen LogP contribution in [0.15, 0.2) is 36.4 Å². The summed E-state index contributed by atoms with van der Waals surface area (Å²) in [6.45, 7) is 2.72. The summed E-state index contributed by atoms with van der Waals surface area (Å²) in [4.78, 5) is 12.9. The van der Waals surface area contributed by atoms with E-state index in [4.69, 9.17) is 9.84 Å². The highest BCUT2D eigenvalue weighted by molar-refractivity contribution is 5.70. The van der Waals surface area contributed by atoms with Gasteiger partial charge in [-0.3, -0.25) is 9.69 Å². The molecule has 11 heteroatoms. The van der Waals surface area contributed by atoms with Crippen LogP contribution < -0.4 is 10.1 Å². The molecule has 0 aromatic heterocycles. The predicted molar refractivity (Wildman–Crippen MR) is 124 cm³/mol. The normalized spacial score (nSPS) is 20.0. The number of ether oxygens (including phenoxy) is 1. The van der Waals surface area contributed by atoms with Crippen LogP contribution >= 0.6 is 0 Å². The number of hydrogen-bond donors (Lipinski definition) is 2. The number of carboxylic acids is 1. The minimum atomic E-state index is -4.74. The molecule has 2 N–H and O–H groups in total. The van der Waals surface area contributed by atoms with Crippen molar-refractivity contribution in [2.45, 2.75) is 51.1 Å². The summed E-state index contributed by atoms with van der Waals surface area (Å²) in [5, 5.41) is 12.6. The Morgan fingerprint density at radius 3 is 2.41 bits per heavy atom. The van der Waals surface area contributed by atoms with Gasteiger partial charge in [-0.2, -0.15) is 26.3 Å². The average Bonchev–Trinajstić information content (AvgIpc) is 2.82. The maximum Gasteiger partial charge on any atom is 0.416 e. The molecule has 2 aliphatic rings. The van der Waals surface area contributed by atoms with Gasteiger partial charge in [0.15, 0.2) is 0 Å². The van der Waals surface area contributed by atoms with Crippen molar-refractivity contribution in [3.05, 3.63) is 58.7 Å². The van der Waals surface area contributed by atoms with Crippen LogP contribution in [0.4, 0.5) is 32.0 Å². The second kappa shape index (κ2) is 10.4. The van der Waals surface area contributed by atoms with E-state index in [2.05, 4.69) is 5.32 Å². The molecule has 2 heterocycles. The van der Waals surface area contributed by atoms with Gasteiger partial charge < -0.3 is 15.2 Å². The molecule has 202 valence electrons. The zero-order valence-corrected chi connectivity index (χ0v) is 20.1. The number of benzene rings is 2. The average molecular weight is 531 g/mol. The molecule has 1 fully saturated rings. The summed E-state index contributed by atoms with van der Waals surface area (Å²) in [6.07, 6.45) is -7.79. The predicted octanol–water partition coefficient (Wildman–Crippen LogP) is 6.07. The van der Waals surface area contributed by atoms with Gasteiger partial charge in [-0.1, -0.05) is 13.0 Å². The molecule has 2 aromatic carbocycles. The minimum absolute atomic E-state index is 0.0407. The third-order valence-electron chi connectivity index (χ3n) is 7.10. The Labute approximate surface area is 210 Å². The fourth-order valence-electron chi connectivity index (χ4n) is 4.99. The molecule has 1 saturated heterocycles. The van der Waals surface area contributed by atoms with Crippen molar-refractivity contribution in [2.75, 3.05) is 25.0 Å². The van der Waals surface area contributed by atoms with Crippen LogP contribution in [0.5, 0.6) is 5.75 Å². The molecule has 0 saturated carbocycles. The first-order valence-corrected chi connectivity index (χ1v) is 12.1. The molecule has 2 atom stereocenters. The maximum atomic E-state index is 13.4. The number of rotatable bonds is 6. The third-order valence-corrected chi connectivity index (χ3v) is 7.10. The molecule has 37 heavy (non-hydrogen) atoms. The zero-order chi connectivity index (χ0) is 27.0. The van der Waals surface area contributed by atoms with E-state index >= 15 is 0 Å². The van der Waals surface area contributed by atoms with E-state index in [0.29, 0.717) is 62.9 Å². The number of nitrogens with zero attached hydrogens (tertiary/aromatic N) is 1. The van der Waals surface area contributed by atoms with Crippen molar-refractivity contribution < 1.29 is 41.0 Å². The summed E-state index contributed by atoms with van der Waals surface area (Å²) in [6, 6.07) is 7.06. The molecule has 2 aliphatic heterocycles. The van der Waals surface area contributed by atoms with E-state index in [-0.39, 0.29) is 24.1 Å². The highest BCUT2D eigenvalue weighted by Crippen LogP contribution is 2.38. The number of nitrogens with one attached hydrogen (secondary N) is 1. The standard InChI is InChI=1S/C26H28F6N2O3/c1-15(24(35)36)10-16-2-5-23-21(11-16)33-22(14-37-23)17-6-8-34(9-7-17)13-18-12-19(25(27,28)29)3-4-20(18)26(30,31)32/h2-5,11-12,15,17,22,33H,6-10,13-14H2,1H3,(H,35,36). The van der Waals surface area contributed by atoms with E-state index < -0.39 is 35.4 Å². The van der Waals surface area contributed by atoms with Gasteiger partial charge in [-0.25, -0.2) is 0 Å². The second-order valence-corrected chi connectivity index (χ2v) is 9.82. The zero-order valence-electron chi connectivity index (χ0n) is 20.1. The van der Waals surface area contributed by atoms with Gasteiger partial charge in [0.05, 0.1) is 28.8 Å². The number of likely N-dealkylation sites (tertiary alicyclic amines) is 1. The largest absolute Gasteiger partial charge is 0.489 e. The van der Waals surface area contributed by atoms with E-state index in [0.717, 1.165) is 11.3 Å². The number of hydrogen-bond acceptors (Lipinski definition) is 4. The quantitative estimate of drug-likeness (QED) is 0.444. The number of fused-ring (bicyclic) bond motifs is 1. The Balaban J connectivity index is 1.39. The first-order chi connectivity index (χ1) is 17.3. The Kier molecular flexibility index (Phi) is 7.64. The van der Waals surface area contributed by atoms with Gasteiger partial charge in [-0.05, 0) is 79.7 Å². The summed E-state index contributed by atoms with van der Waals surface area (Å²) in [5.74, 6) is -0.573. The SMILES string of the molecule is CC(Cc1ccc2c(c1)NC(C1CCN(Cc3cc(C(F)(F)F)ccc3C(F)(F)F)CC1)CO2)C(=O)O. The number of piperidine rings is 1. The van der Waals surface area contributed by atoms with E-state index in [1.807, 2.05) is 12.1 Å². The summed E-state index contributed by atoms with van der Waals surface area (Å²) < 4.78 is 85.6. The lowest BCUT2D eigenvalue weighted by atomic mass is 9.88. The maximum absolute atomic E-state index is 13.4. The summed E-state index contributed by atoms with van der Waals surface area (Å²) in [5.41, 5.74) is -0.884. The molecule has 0 spiro atoms. The van der Waals surface area contributed by atoms with Gasteiger partial charge >= 0.3 is 18.3 Å². The summed E-state index contributed by atoms with van der Waals surface area (Å²) >= 11 is 0. The molecule has 0 bridgehead atoms. The molecule has 2 unspecified atom stereocenters. The van der Waals surface area contributed by atoms with Crippen LogP contribution in [0.2, 0.25) is 0 Å². The molecular weight excluding hydrogens is 502 g/mol. The highest BCUT2D eigenvalue weighted by Gasteiger charge is 2.38. The van der Waals surface area contributed by atoms with Crippen LogP contribution in [0, 0.1) is 11.8 Å². The Bertz CT molecular complexity index is 1130. The third kappa shape index (κ3) is 6.49. The molecule has 0 radical (unpaired) electrons. The van der Waals surface area contributed by atoms with Crippen LogP contribution in [0.1, 0.15) is 42.0 Å². The molecule has 2 aromatic rings. The summed E-state index contributed by atoms with van der Waals surface area (Å²) in [7, 11) is 0. The van der Waals surface area contributed by atoms with Gasteiger partial charge in [0, 0.05) is 6.54 Å². The number of anilines is 1. The number of aliphatic carboxylic acids is 1. The Morgan fingerprint density at radius 2 is 1.78 bits per heavy atom. The van der Waals surface area contributed by atoms with E-state index in [9.17, 15) is 31.1 Å². The lowest BCUT2D eigenvalue weighted by Crippen LogP contribution is -2.44. The molecule has 0 amide bonds. The van der Waals surface area contributed by atoms with Crippen LogP contribution in [-0.4, -0.2) is 41.7 Å². The topological polar surface area (TPSA) is 61.8 Å². The van der Waals surface area contributed by atoms with Crippen LogP contribution in [-0.2, 0) is 30.1 Å². The lowest BCUT2D eigenvalue weighted by Gasteiger charge is -2.39. The molecule has 5 nitrogen and oxygen atoms in total. The first-order valence-electron chi connectivity index (χ1n) is 12.1. The van der Waals surface area contributed by atoms with Crippen molar-refractivity contribution >= 4 is 11.7 Å². The molecule has 0 aliphatic carbocycles. The Morgan fingerprint density at radius 1 is 1.08 bits per heavy atom. The van der Waals surface area contributed by atoms with Crippen molar-refractivity contribution in [2.24, 2.45) is 11.8 Å². The number of carboxylic acid groups (broad SMARTS) is 1. The smallest absolute Gasteiger partial charge is 0.416 e. The van der Waals surface area contributed by atoms with Crippen molar-refractivity contribution in [1.29, 1.82) is 0 Å². The fraction of sp³-hybridized carbons (Fsp3) is 0.500. The number of alkyl halides is 6. The number of carbonyl (C=O) groups is 1. The van der Waals surface area contributed by atoms with Crippen molar-refractivity contribution in [3.63, 3.8) is 0 Å². The van der Waals surface area contributed by atoms with Crippen molar-refractivity contribution in [1.82, 2.24) is 4.90 Å². The first kappa shape index (κ1) is 27.1. The Hall–Kier alpha value is -2.95.